The van der Waals surface area contributed by atoms with E-state index in [1.54, 1.807) is 10.7 Å². The van der Waals surface area contributed by atoms with Gasteiger partial charge in [-0.3, -0.25) is 9.20 Å². The SMILES string of the molecule is O=C1c2ccc3c4ccc5c6c(ccc(c7ccc(c2c73)C[N+]12C=Nc1ccccc12)c46)c(=O)n1c2ccccc2nc51. The van der Waals surface area contributed by atoms with Crippen LogP contribution in [0, 0.1) is 0 Å². The van der Waals surface area contributed by atoms with Crippen LogP contribution in [0.2, 0.25) is 0 Å². The van der Waals surface area contributed by atoms with Crippen LogP contribution in [0.25, 0.3) is 70.5 Å². The topological polar surface area (TPSA) is 63.8 Å². The number of para-hydroxylation sites is 4. The van der Waals surface area contributed by atoms with Crippen molar-refractivity contribution in [1.29, 1.82) is 0 Å². The highest BCUT2D eigenvalue weighted by Gasteiger charge is 2.48. The lowest BCUT2D eigenvalue weighted by Crippen LogP contribution is -2.52. The number of hydrogen-bond donors (Lipinski definition) is 0. The number of hydrogen-bond acceptors (Lipinski definition) is 4. The van der Waals surface area contributed by atoms with Gasteiger partial charge >= 0.3 is 5.91 Å². The van der Waals surface area contributed by atoms with E-state index in [2.05, 4.69) is 41.4 Å². The van der Waals surface area contributed by atoms with Gasteiger partial charge in [-0.25, -0.2) is 9.78 Å². The fraction of sp³-hybridized carbons (Fsp3) is 0.0270. The second-order valence-electron chi connectivity index (χ2n) is 11.9. The van der Waals surface area contributed by atoms with E-state index in [9.17, 15) is 9.59 Å². The van der Waals surface area contributed by atoms with Gasteiger partial charge < -0.3 is 0 Å². The van der Waals surface area contributed by atoms with Crippen LogP contribution in [0.4, 0.5) is 11.4 Å². The number of nitrogens with zero attached hydrogens (tertiary/aromatic N) is 4. The van der Waals surface area contributed by atoms with Gasteiger partial charge in [0.05, 0.1) is 16.6 Å². The summed E-state index contributed by atoms with van der Waals surface area (Å²) in [5, 5.41) is 10.2. The molecule has 0 N–H and O–H groups in total. The standard InChI is InChI=1S/C37H19N4O2/c42-36-25-15-12-23-20-10-9-19-17-41(18-38-28-6-2-4-8-30(28)41)37(43)26-16-13-21(32(20)31(19)26)22-11-14-24(34(25)33(22)23)35-39-27-5-1-3-7-29(27)40(35)36/h1-16,18H,17H2/q+1. The Hall–Kier alpha value is -5.72. The number of pyridine rings is 1. The fourth-order valence-electron chi connectivity index (χ4n) is 8.14. The Labute approximate surface area is 242 Å². The first-order valence-corrected chi connectivity index (χ1v) is 14.4. The quantitative estimate of drug-likeness (QED) is 0.110. The van der Waals surface area contributed by atoms with E-state index >= 15 is 0 Å². The maximum absolute atomic E-state index is 14.4. The molecule has 0 bridgehead atoms. The summed E-state index contributed by atoms with van der Waals surface area (Å²) in [5.41, 5.74) is 5.90. The van der Waals surface area contributed by atoms with Gasteiger partial charge in [0.15, 0.2) is 5.69 Å². The Morgan fingerprint density at radius 2 is 1.28 bits per heavy atom. The first-order valence-electron chi connectivity index (χ1n) is 14.4. The molecular formula is C37H19N4O2+. The fourth-order valence-corrected chi connectivity index (χ4v) is 8.14. The van der Waals surface area contributed by atoms with Crippen LogP contribution in [0.15, 0.2) is 107 Å². The van der Waals surface area contributed by atoms with Crippen LogP contribution >= 0.6 is 0 Å². The number of quaternary nitrogens is 1. The molecular weight excluding hydrogens is 532 g/mol. The van der Waals surface area contributed by atoms with Crippen molar-refractivity contribution in [2.75, 3.05) is 0 Å². The normalized spacial score (nSPS) is 17.8. The highest BCUT2D eigenvalue weighted by molar-refractivity contribution is 6.39. The molecule has 1 amide bonds. The molecule has 2 aliphatic rings. The molecule has 11 rings (SSSR count). The number of rotatable bonds is 0. The van der Waals surface area contributed by atoms with Crippen LogP contribution in [0.1, 0.15) is 15.9 Å². The highest BCUT2D eigenvalue weighted by atomic mass is 16.2. The molecule has 9 aromatic rings. The molecule has 0 saturated heterocycles. The van der Waals surface area contributed by atoms with Gasteiger partial charge in [0.1, 0.15) is 17.9 Å². The largest absolute Gasteiger partial charge is 0.357 e. The van der Waals surface area contributed by atoms with Crippen molar-refractivity contribution in [2.24, 2.45) is 4.99 Å². The molecule has 0 saturated carbocycles. The van der Waals surface area contributed by atoms with Crippen molar-refractivity contribution >= 4 is 94.2 Å². The first kappa shape index (κ1) is 22.0. The van der Waals surface area contributed by atoms with E-state index in [-0.39, 0.29) is 15.9 Å². The number of amides is 1. The van der Waals surface area contributed by atoms with Gasteiger partial charge in [-0.1, -0.05) is 54.6 Å². The zero-order chi connectivity index (χ0) is 28.2. The minimum absolute atomic E-state index is 0.0467. The van der Waals surface area contributed by atoms with Crippen LogP contribution in [-0.2, 0) is 6.54 Å². The summed E-state index contributed by atoms with van der Waals surface area (Å²) in [6.07, 6.45) is 1.80. The molecule has 6 nitrogen and oxygen atoms in total. The van der Waals surface area contributed by atoms with Crippen molar-refractivity contribution in [3.63, 3.8) is 0 Å². The molecule has 0 fully saturated rings. The van der Waals surface area contributed by atoms with Crippen molar-refractivity contribution < 1.29 is 4.79 Å². The number of imidazole rings is 1. The number of aliphatic imine (C=N–C) groups is 1. The molecule has 43 heavy (non-hydrogen) atoms. The maximum atomic E-state index is 14.4. The van der Waals surface area contributed by atoms with Gasteiger partial charge in [0.2, 0.25) is 6.34 Å². The Morgan fingerprint density at radius 3 is 2.14 bits per heavy atom. The lowest BCUT2D eigenvalue weighted by Gasteiger charge is -2.33. The monoisotopic (exact) mass is 551 g/mol. The third-order valence-corrected chi connectivity index (χ3v) is 9.94. The summed E-state index contributed by atoms with van der Waals surface area (Å²) in [5.74, 6) is 0.0467. The van der Waals surface area contributed by atoms with Gasteiger partial charge in [0.25, 0.3) is 5.56 Å². The minimum atomic E-state index is -0.0527. The molecule has 2 aromatic heterocycles. The number of carbonyl (C=O) groups is 1. The zero-order valence-corrected chi connectivity index (χ0v) is 22.6. The molecule has 2 aliphatic heterocycles. The Kier molecular flexibility index (Phi) is 3.58. The summed E-state index contributed by atoms with van der Waals surface area (Å²) >= 11 is 0. The van der Waals surface area contributed by atoms with E-state index in [4.69, 9.17) is 4.98 Å². The smallest absolute Gasteiger partial charge is 0.268 e. The molecule has 1 spiro atoms. The number of carbonyl (C=O) groups excluding carboxylic acids is 1. The predicted octanol–water partition coefficient (Wildman–Crippen LogP) is 7.82. The third kappa shape index (κ3) is 2.33. The second-order valence-corrected chi connectivity index (χ2v) is 11.9. The average Bonchev–Trinajstić information content (AvgIpc) is 3.62. The molecule has 1 unspecified atom stereocenters. The van der Waals surface area contributed by atoms with E-state index in [1.807, 2.05) is 60.7 Å². The lowest BCUT2D eigenvalue weighted by molar-refractivity contribution is 0.0848. The van der Waals surface area contributed by atoms with Crippen LogP contribution in [0.5, 0.6) is 0 Å². The van der Waals surface area contributed by atoms with E-state index in [1.165, 1.54) is 0 Å². The van der Waals surface area contributed by atoms with E-state index in [0.717, 1.165) is 82.0 Å². The van der Waals surface area contributed by atoms with Crippen LogP contribution in [-0.4, -0.2) is 21.6 Å². The predicted molar refractivity (Wildman–Crippen MR) is 173 cm³/mol. The summed E-state index contributed by atoms with van der Waals surface area (Å²) in [7, 11) is 0. The zero-order valence-electron chi connectivity index (χ0n) is 22.6. The van der Waals surface area contributed by atoms with Crippen molar-refractivity contribution in [2.45, 2.75) is 6.54 Å². The molecule has 1 atom stereocenters. The molecule has 0 radical (unpaired) electrons. The summed E-state index contributed by atoms with van der Waals surface area (Å²) in [6, 6.07) is 32.5. The molecule has 6 heteroatoms. The van der Waals surface area contributed by atoms with Gasteiger partial charge in [0, 0.05) is 33.2 Å². The van der Waals surface area contributed by atoms with Crippen molar-refractivity contribution in [1.82, 2.24) is 13.9 Å². The second kappa shape index (κ2) is 7.01. The van der Waals surface area contributed by atoms with Crippen LogP contribution in [0.3, 0.4) is 0 Å². The van der Waals surface area contributed by atoms with Crippen molar-refractivity contribution in [3.05, 3.63) is 119 Å². The van der Waals surface area contributed by atoms with Crippen molar-refractivity contribution in [3.8, 4) is 0 Å². The number of fused-ring (bicyclic) bond motifs is 8. The average molecular weight is 552 g/mol. The maximum Gasteiger partial charge on any atom is 0.357 e. The Bertz CT molecular complexity index is 2850. The third-order valence-electron chi connectivity index (χ3n) is 9.94. The molecule has 0 aliphatic carbocycles. The molecule has 4 heterocycles. The lowest BCUT2D eigenvalue weighted by atomic mass is 9.83. The molecule has 198 valence electrons. The van der Waals surface area contributed by atoms with Gasteiger partial charge in [-0.2, -0.15) is 9.48 Å². The number of aromatic nitrogens is 2. The van der Waals surface area contributed by atoms with Gasteiger partial charge in [-0.15, -0.1) is 0 Å². The summed E-state index contributed by atoms with van der Waals surface area (Å²) in [4.78, 5) is 37.9. The van der Waals surface area contributed by atoms with E-state index in [0.29, 0.717) is 17.6 Å². The van der Waals surface area contributed by atoms with Gasteiger partial charge in [-0.05, 0) is 68.7 Å². The Morgan fingerprint density at radius 1 is 0.628 bits per heavy atom. The minimum Gasteiger partial charge on any atom is -0.268 e. The summed E-state index contributed by atoms with van der Waals surface area (Å²) < 4.78 is 1.83. The first-order chi connectivity index (χ1) is 21.1. The molecule has 7 aromatic carbocycles. The Balaban J connectivity index is 1.28. The number of benzene rings is 7. The highest BCUT2D eigenvalue weighted by Crippen LogP contribution is 2.49. The summed E-state index contributed by atoms with van der Waals surface area (Å²) in [6.45, 7) is 0.525. The van der Waals surface area contributed by atoms with Crippen LogP contribution < -0.4 is 10.0 Å². The van der Waals surface area contributed by atoms with E-state index < -0.39 is 0 Å².